The lowest BCUT2D eigenvalue weighted by molar-refractivity contribution is -0.173. The Balaban J connectivity index is 3.65. The van der Waals surface area contributed by atoms with E-state index in [1.807, 2.05) is 6.92 Å². The van der Waals surface area contributed by atoms with E-state index >= 15 is 0 Å². The van der Waals surface area contributed by atoms with Crippen molar-refractivity contribution in [3.05, 3.63) is 0 Å². The molecule has 0 fully saturated rings. The monoisotopic (exact) mass is 255 g/mol. The lowest BCUT2D eigenvalue weighted by Crippen LogP contribution is -2.37. The molecule has 100 valence electrons. The highest BCUT2D eigenvalue weighted by Crippen LogP contribution is 2.13. The quantitative estimate of drug-likeness (QED) is 0.581. The van der Waals surface area contributed by atoms with Gasteiger partial charge in [0.1, 0.15) is 0 Å². The van der Waals surface area contributed by atoms with Crippen LogP contribution in [-0.2, 0) is 14.3 Å². The molecule has 0 aromatic rings. The summed E-state index contributed by atoms with van der Waals surface area (Å²) in [6.07, 6.45) is -4.29. The molecule has 1 unspecified atom stereocenters. The van der Waals surface area contributed by atoms with E-state index in [1.165, 1.54) is 0 Å². The van der Waals surface area contributed by atoms with Crippen LogP contribution < -0.4 is 5.32 Å². The summed E-state index contributed by atoms with van der Waals surface area (Å²) in [5.74, 6) is -2.46. The molecule has 0 saturated carbocycles. The molecule has 0 aliphatic heterocycles. The third-order valence-corrected chi connectivity index (χ3v) is 2.01. The maximum absolute atomic E-state index is 11.7. The van der Waals surface area contributed by atoms with Crippen molar-refractivity contribution >= 4 is 11.9 Å². The van der Waals surface area contributed by atoms with Gasteiger partial charge in [0.15, 0.2) is 0 Å². The first kappa shape index (κ1) is 15.7. The van der Waals surface area contributed by atoms with E-state index in [0.717, 1.165) is 0 Å². The third-order valence-electron chi connectivity index (χ3n) is 2.01. The number of hydrogen-bond donors (Lipinski definition) is 1. The molecule has 1 N–H and O–H groups in total. The fourth-order valence-electron chi connectivity index (χ4n) is 0.902. The Hall–Kier alpha value is -1.27. The van der Waals surface area contributed by atoms with Crippen molar-refractivity contribution in [2.24, 2.45) is 0 Å². The van der Waals surface area contributed by atoms with Crippen LogP contribution in [0.4, 0.5) is 13.2 Å². The van der Waals surface area contributed by atoms with Gasteiger partial charge in [-0.3, -0.25) is 9.59 Å². The molecule has 0 aliphatic rings. The second kappa shape index (κ2) is 7.13. The lowest BCUT2D eigenvalue weighted by Gasteiger charge is -2.11. The first-order chi connectivity index (χ1) is 7.77. The molecule has 0 aliphatic carbocycles. The molecule has 0 bridgehead atoms. The zero-order valence-corrected chi connectivity index (χ0v) is 9.76. The van der Waals surface area contributed by atoms with Crippen LogP contribution in [0.3, 0.4) is 0 Å². The largest absolute Gasteiger partial charge is 0.471 e. The highest BCUT2D eigenvalue weighted by molar-refractivity contribution is 5.81. The molecule has 0 aromatic heterocycles. The molecule has 0 saturated heterocycles. The van der Waals surface area contributed by atoms with Crippen molar-refractivity contribution in [2.45, 2.75) is 45.4 Å². The molecular weight excluding hydrogens is 239 g/mol. The predicted molar refractivity (Wildman–Crippen MR) is 54.1 cm³/mol. The van der Waals surface area contributed by atoms with E-state index in [0.29, 0.717) is 6.42 Å². The van der Waals surface area contributed by atoms with E-state index in [-0.39, 0.29) is 25.5 Å². The van der Waals surface area contributed by atoms with E-state index in [1.54, 1.807) is 12.2 Å². The number of nitrogens with one attached hydrogen (secondary N) is 1. The second-order valence-corrected chi connectivity index (χ2v) is 3.57. The number of hydrogen-bond acceptors (Lipinski definition) is 3. The van der Waals surface area contributed by atoms with Crippen LogP contribution in [0.2, 0.25) is 0 Å². The van der Waals surface area contributed by atoms with Gasteiger partial charge in [0.2, 0.25) is 0 Å². The highest BCUT2D eigenvalue weighted by atomic mass is 19.4. The Morgan fingerprint density at radius 2 is 1.94 bits per heavy atom. The van der Waals surface area contributed by atoms with Crippen LogP contribution in [0.25, 0.3) is 0 Å². The van der Waals surface area contributed by atoms with Gasteiger partial charge in [-0.25, -0.2) is 0 Å². The summed E-state index contributed by atoms with van der Waals surface area (Å²) in [6.45, 7) is 3.37. The zero-order chi connectivity index (χ0) is 13.5. The minimum Gasteiger partial charge on any atom is -0.463 e. The molecule has 0 aromatic carbocycles. The van der Waals surface area contributed by atoms with Gasteiger partial charge in [-0.05, 0) is 19.8 Å². The van der Waals surface area contributed by atoms with Crippen LogP contribution >= 0.6 is 0 Å². The average molecular weight is 255 g/mol. The first-order valence-corrected chi connectivity index (χ1v) is 5.31. The molecular formula is C10H16F3NO3. The van der Waals surface area contributed by atoms with Crippen molar-refractivity contribution in [1.82, 2.24) is 5.32 Å². The molecule has 1 amide bonds. The fraction of sp³-hybridized carbons (Fsp3) is 0.800. The Labute approximate surface area is 97.5 Å². The van der Waals surface area contributed by atoms with Crippen LogP contribution in [0, 0.1) is 0 Å². The third kappa shape index (κ3) is 7.59. The summed E-state index contributed by atoms with van der Waals surface area (Å²) in [5.41, 5.74) is 0. The van der Waals surface area contributed by atoms with E-state index in [9.17, 15) is 22.8 Å². The number of halogens is 3. The first-order valence-electron chi connectivity index (χ1n) is 5.31. The Morgan fingerprint density at radius 3 is 2.41 bits per heavy atom. The van der Waals surface area contributed by atoms with Crippen molar-refractivity contribution in [3.63, 3.8) is 0 Å². The van der Waals surface area contributed by atoms with Gasteiger partial charge in [-0.1, -0.05) is 6.92 Å². The molecule has 0 radical (unpaired) electrons. The van der Waals surface area contributed by atoms with Crippen molar-refractivity contribution in [2.75, 3.05) is 6.54 Å². The standard InChI is InChI=1S/C10H16F3NO3/c1-3-7(2)17-8(15)5-4-6-14-9(16)10(11,12)13/h7H,3-6H2,1-2H3,(H,14,16). The smallest absolute Gasteiger partial charge is 0.463 e. The van der Waals surface area contributed by atoms with E-state index < -0.39 is 18.1 Å². The summed E-state index contributed by atoms with van der Waals surface area (Å²) in [6, 6.07) is 0. The predicted octanol–water partition coefficient (Wildman–Crippen LogP) is 1.79. The van der Waals surface area contributed by atoms with Gasteiger partial charge < -0.3 is 10.1 Å². The molecule has 1 atom stereocenters. The van der Waals surface area contributed by atoms with Gasteiger partial charge in [0, 0.05) is 13.0 Å². The zero-order valence-electron chi connectivity index (χ0n) is 9.76. The van der Waals surface area contributed by atoms with Gasteiger partial charge in [0.25, 0.3) is 0 Å². The van der Waals surface area contributed by atoms with Crippen LogP contribution in [-0.4, -0.2) is 30.7 Å². The Bertz CT molecular complexity index is 266. The number of rotatable bonds is 6. The summed E-state index contributed by atoms with van der Waals surface area (Å²) in [5, 5.41) is 1.67. The second-order valence-electron chi connectivity index (χ2n) is 3.57. The number of esters is 1. The van der Waals surface area contributed by atoms with Gasteiger partial charge in [0.05, 0.1) is 6.10 Å². The molecule has 0 rings (SSSR count). The molecule has 0 spiro atoms. The minimum atomic E-state index is -4.88. The lowest BCUT2D eigenvalue weighted by atomic mass is 10.3. The molecule has 17 heavy (non-hydrogen) atoms. The summed E-state index contributed by atoms with van der Waals surface area (Å²) in [7, 11) is 0. The Morgan fingerprint density at radius 1 is 1.35 bits per heavy atom. The number of carbonyl (C=O) groups excluding carboxylic acids is 2. The normalized spacial score (nSPS) is 13.0. The fourth-order valence-corrected chi connectivity index (χ4v) is 0.902. The summed E-state index contributed by atoms with van der Waals surface area (Å²) in [4.78, 5) is 21.5. The highest BCUT2D eigenvalue weighted by Gasteiger charge is 2.38. The Kier molecular flexibility index (Phi) is 6.60. The van der Waals surface area contributed by atoms with Crippen LogP contribution in [0.1, 0.15) is 33.1 Å². The topological polar surface area (TPSA) is 55.4 Å². The average Bonchev–Trinajstić information content (AvgIpc) is 2.22. The number of carbonyl (C=O) groups is 2. The maximum Gasteiger partial charge on any atom is 0.471 e. The van der Waals surface area contributed by atoms with Crippen molar-refractivity contribution < 1.29 is 27.5 Å². The van der Waals surface area contributed by atoms with Crippen molar-refractivity contribution in [1.29, 1.82) is 0 Å². The van der Waals surface area contributed by atoms with Gasteiger partial charge in [-0.15, -0.1) is 0 Å². The number of alkyl halides is 3. The molecule has 7 heteroatoms. The van der Waals surface area contributed by atoms with Gasteiger partial charge in [-0.2, -0.15) is 13.2 Å². The van der Waals surface area contributed by atoms with E-state index in [4.69, 9.17) is 4.74 Å². The van der Waals surface area contributed by atoms with Crippen LogP contribution in [0.15, 0.2) is 0 Å². The molecule has 4 nitrogen and oxygen atoms in total. The summed E-state index contributed by atoms with van der Waals surface area (Å²) >= 11 is 0. The van der Waals surface area contributed by atoms with Crippen molar-refractivity contribution in [3.8, 4) is 0 Å². The van der Waals surface area contributed by atoms with Gasteiger partial charge >= 0.3 is 18.1 Å². The number of amides is 1. The van der Waals surface area contributed by atoms with Crippen LogP contribution in [0.5, 0.6) is 0 Å². The SMILES string of the molecule is CCC(C)OC(=O)CCCNC(=O)C(F)(F)F. The maximum atomic E-state index is 11.7. The number of ether oxygens (including phenoxy) is 1. The summed E-state index contributed by atoms with van der Waals surface area (Å²) < 4.78 is 40.1. The minimum absolute atomic E-state index is 0.0114. The van der Waals surface area contributed by atoms with E-state index in [2.05, 4.69) is 0 Å². The molecule has 0 heterocycles.